The zero-order valence-electron chi connectivity index (χ0n) is 18.3. The third kappa shape index (κ3) is 4.19. The van der Waals surface area contributed by atoms with E-state index in [4.69, 9.17) is 28.4 Å². The van der Waals surface area contributed by atoms with Crippen molar-refractivity contribution in [3.63, 3.8) is 0 Å². The Labute approximate surface area is 187 Å². The zero-order chi connectivity index (χ0) is 21.2. The van der Waals surface area contributed by atoms with E-state index in [1.165, 1.54) is 7.11 Å². The molecule has 3 saturated heterocycles. The van der Waals surface area contributed by atoms with E-state index in [1.807, 2.05) is 13.8 Å². The molecule has 0 amide bonds. The molecule has 5 rings (SSSR count). The maximum atomic E-state index is 9.74. The van der Waals surface area contributed by atoms with Crippen molar-refractivity contribution in [1.29, 1.82) is 0 Å². The van der Waals surface area contributed by atoms with Gasteiger partial charge in [0.2, 0.25) is 0 Å². The summed E-state index contributed by atoms with van der Waals surface area (Å²) in [5.41, 5.74) is -0.636. The molecule has 0 aromatic heterocycles. The van der Waals surface area contributed by atoms with Crippen LogP contribution in [0.4, 0.5) is 0 Å². The van der Waals surface area contributed by atoms with Crippen molar-refractivity contribution in [1.82, 2.24) is 0 Å². The second-order valence-corrected chi connectivity index (χ2v) is 9.43. The Kier molecular flexibility index (Phi) is 7.94. The molecular weight excluding hydrogens is 404 g/mol. The van der Waals surface area contributed by atoms with Gasteiger partial charge in [-0.25, -0.2) is 0 Å². The fraction of sp³-hybridized carbons (Fsp3) is 1.00. The van der Waals surface area contributed by atoms with Crippen LogP contribution in [0.15, 0.2) is 0 Å². The molecule has 184 valence electrons. The fourth-order valence-corrected chi connectivity index (χ4v) is 5.51. The number of ether oxygens (including phenoxy) is 6. The lowest BCUT2D eigenvalue weighted by atomic mass is 10.1. The van der Waals surface area contributed by atoms with Gasteiger partial charge in [0.05, 0.1) is 0 Å². The molecule has 8 heteroatoms. The molecule has 2 spiro atoms. The molecule has 5 fully saturated rings. The molecule has 3 heterocycles. The SMILES string of the molecule is C.C.CC[C@@H]1C[C@@]12O[C@@H](OC)C(O)[C@H]2O.CC[C@@H]1C[C@@]12O[C@@H](OC)C1OC(C)(C)O[C@H]12. The molecule has 0 aromatic rings. The summed E-state index contributed by atoms with van der Waals surface area (Å²) in [6.07, 6.45) is 1.35. The van der Waals surface area contributed by atoms with Crippen LogP contribution in [0.3, 0.4) is 0 Å². The maximum absolute atomic E-state index is 9.74. The predicted molar refractivity (Wildman–Crippen MR) is 115 cm³/mol. The van der Waals surface area contributed by atoms with Gasteiger partial charge in [0.1, 0.15) is 35.6 Å². The van der Waals surface area contributed by atoms with Crippen LogP contribution >= 0.6 is 0 Å². The minimum atomic E-state index is -0.901. The highest BCUT2D eigenvalue weighted by Gasteiger charge is 2.73. The minimum Gasteiger partial charge on any atom is -0.387 e. The van der Waals surface area contributed by atoms with E-state index in [1.54, 1.807) is 7.11 Å². The molecule has 5 aliphatic rings. The van der Waals surface area contributed by atoms with Gasteiger partial charge in [0, 0.05) is 14.2 Å². The Morgan fingerprint density at radius 1 is 0.806 bits per heavy atom. The van der Waals surface area contributed by atoms with Crippen LogP contribution in [0, 0.1) is 11.8 Å². The number of rotatable bonds is 4. The van der Waals surface area contributed by atoms with Gasteiger partial charge in [0.15, 0.2) is 18.4 Å². The molecule has 31 heavy (non-hydrogen) atoms. The molecule has 2 unspecified atom stereocenters. The van der Waals surface area contributed by atoms with Gasteiger partial charge in [-0.2, -0.15) is 0 Å². The summed E-state index contributed by atoms with van der Waals surface area (Å²) in [5, 5.41) is 19.3. The van der Waals surface area contributed by atoms with E-state index in [2.05, 4.69) is 13.8 Å². The number of fused-ring (bicyclic) bond motifs is 2. The second-order valence-electron chi connectivity index (χ2n) is 9.43. The van der Waals surface area contributed by atoms with Crippen LogP contribution in [-0.2, 0) is 28.4 Å². The van der Waals surface area contributed by atoms with Crippen LogP contribution in [0.25, 0.3) is 0 Å². The highest BCUT2D eigenvalue weighted by atomic mass is 16.8. The fourth-order valence-electron chi connectivity index (χ4n) is 5.51. The monoisotopic (exact) mass is 448 g/mol. The Hall–Kier alpha value is -0.320. The molecule has 0 aromatic carbocycles. The van der Waals surface area contributed by atoms with Crippen molar-refractivity contribution in [3.8, 4) is 0 Å². The van der Waals surface area contributed by atoms with E-state index in [0.29, 0.717) is 11.8 Å². The van der Waals surface area contributed by atoms with Crippen molar-refractivity contribution in [2.24, 2.45) is 11.8 Å². The molecule has 10 atom stereocenters. The first-order chi connectivity index (χ1) is 13.7. The molecule has 2 N–H and O–H groups in total. The van der Waals surface area contributed by atoms with Gasteiger partial charge in [0.25, 0.3) is 0 Å². The number of methoxy groups -OCH3 is 2. The summed E-state index contributed by atoms with van der Waals surface area (Å²) in [7, 11) is 3.14. The second kappa shape index (κ2) is 9.14. The summed E-state index contributed by atoms with van der Waals surface area (Å²) in [6, 6.07) is 0. The van der Waals surface area contributed by atoms with E-state index in [0.717, 1.165) is 25.7 Å². The molecular formula is C23H44O8. The summed E-state index contributed by atoms with van der Waals surface area (Å²) in [5.74, 6) is 0.457. The summed E-state index contributed by atoms with van der Waals surface area (Å²) in [6.45, 7) is 8.16. The van der Waals surface area contributed by atoms with Crippen molar-refractivity contribution in [3.05, 3.63) is 0 Å². The van der Waals surface area contributed by atoms with Crippen LogP contribution < -0.4 is 0 Å². The van der Waals surface area contributed by atoms with Gasteiger partial charge in [-0.3, -0.25) is 0 Å². The average Bonchev–Trinajstić information content (AvgIpc) is 3.51. The molecule has 0 bridgehead atoms. The van der Waals surface area contributed by atoms with Gasteiger partial charge in [-0.15, -0.1) is 0 Å². The van der Waals surface area contributed by atoms with Crippen LogP contribution in [-0.4, -0.2) is 78.4 Å². The van der Waals surface area contributed by atoms with Gasteiger partial charge in [-0.1, -0.05) is 41.5 Å². The van der Waals surface area contributed by atoms with Gasteiger partial charge < -0.3 is 38.6 Å². The molecule has 2 aliphatic carbocycles. The molecule has 0 radical (unpaired) electrons. The number of hydrogen-bond donors (Lipinski definition) is 2. The van der Waals surface area contributed by atoms with E-state index in [9.17, 15) is 10.2 Å². The lowest BCUT2D eigenvalue weighted by Gasteiger charge is -2.24. The topological polar surface area (TPSA) is 95.8 Å². The Morgan fingerprint density at radius 2 is 1.32 bits per heavy atom. The summed E-state index contributed by atoms with van der Waals surface area (Å²) in [4.78, 5) is 0. The number of aliphatic hydroxyl groups excluding tert-OH is 2. The molecule has 8 nitrogen and oxygen atoms in total. The van der Waals surface area contributed by atoms with Crippen LogP contribution in [0.1, 0.15) is 68.2 Å². The lowest BCUT2D eigenvalue weighted by Crippen LogP contribution is -2.34. The maximum Gasteiger partial charge on any atom is 0.186 e. The normalized spacial score (nSPS) is 50.3. The van der Waals surface area contributed by atoms with E-state index < -0.39 is 29.9 Å². The Balaban J connectivity index is 0.000000211. The average molecular weight is 449 g/mol. The van der Waals surface area contributed by atoms with E-state index in [-0.39, 0.29) is 39.0 Å². The number of hydrogen-bond acceptors (Lipinski definition) is 8. The van der Waals surface area contributed by atoms with Gasteiger partial charge >= 0.3 is 0 Å². The first-order valence-electron chi connectivity index (χ1n) is 10.8. The highest BCUT2D eigenvalue weighted by Crippen LogP contribution is 2.61. The Bertz CT molecular complexity index is 614. The lowest BCUT2D eigenvalue weighted by molar-refractivity contribution is -0.234. The predicted octanol–water partition coefficient (Wildman–Crippen LogP) is 2.83. The first-order valence-corrected chi connectivity index (χ1v) is 10.8. The molecule has 3 aliphatic heterocycles. The van der Waals surface area contributed by atoms with Crippen LogP contribution in [0.5, 0.6) is 0 Å². The summed E-state index contributed by atoms with van der Waals surface area (Å²) < 4.78 is 33.7. The third-order valence-electron chi connectivity index (χ3n) is 7.30. The first kappa shape index (κ1) is 26.9. The minimum absolute atomic E-state index is 0. The highest BCUT2D eigenvalue weighted by molar-refractivity contribution is 5.18. The molecule has 2 saturated carbocycles. The smallest absolute Gasteiger partial charge is 0.186 e. The van der Waals surface area contributed by atoms with Crippen molar-refractivity contribution < 1.29 is 38.6 Å². The third-order valence-corrected chi connectivity index (χ3v) is 7.30. The number of aliphatic hydroxyl groups is 2. The Morgan fingerprint density at radius 3 is 1.77 bits per heavy atom. The van der Waals surface area contributed by atoms with Crippen molar-refractivity contribution >= 4 is 0 Å². The standard InChI is InChI=1S/C12H20O4.C9H16O4.2CH4/c1-5-7-6-12(7)9-8(10(13-4)16-12)14-11(2,3)15-9;1-3-5-4-9(5)7(11)6(10)8(12-2)13-9;;/h7-10H,5-6H2,1-4H3;5-8,10-11H,3-4H2,1-2H3;2*1H4/t7-,8?,9-,10-,12-;5-,6?,7-,8-,9-;;/m11../s1. The van der Waals surface area contributed by atoms with Gasteiger partial charge in [-0.05, 0) is 38.5 Å². The van der Waals surface area contributed by atoms with Crippen molar-refractivity contribution in [2.45, 2.75) is 122 Å². The van der Waals surface area contributed by atoms with Crippen molar-refractivity contribution in [2.75, 3.05) is 14.2 Å². The zero-order valence-corrected chi connectivity index (χ0v) is 18.3. The summed E-state index contributed by atoms with van der Waals surface area (Å²) >= 11 is 0. The van der Waals surface area contributed by atoms with Crippen LogP contribution in [0.2, 0.25) is 0 Å². The largest absolute Gasteiger partial charge is 0.387 e. The quantitative estimate of drug-likeness (QED) is 0.678. The van der Waals surface area contributed by atoms with E-state index >= 15 is 0 Å².